The molecule has 148 valence electrons. The van der Waals surface area contributed by atoms with Crippen molar-refractivity contribution in [3.05, 3.63) is 36.0 Å². The fourth-order valence-electron chi connectivity index (χ4n) is 2.94. The number of nitrogens with zero attached hydrogens (tertiary/aromatic N) is 4. The first-order valence-electron chi connectivity index (χ1n) is 8.89. The lowest BCUT2D eigenvalue weighted by atomic mass is 10.2. The van der Waals surface area contributed by atoms with Gasteiger partial charge in [0.25, 0.3) is 5.91 Å². The average molecular weight is 385 g/mol. The van der Waals surface area contributed by atoms with E-state index in [0.717, 1.165) is 0 Å². The highest BCUT2D eigenvalue weighted by Gasteiger charge is 2.24. The maximum Gasteiger partial charge on any atom is 0.274 e. The zero-order chi connectivity index (χ0) is 20.1. The minimum Gasteiger partial charge on any atom is -0.497 e. The molecule has 0 saturated carbocycles. The summed E-state index contributed by atoms with van der Waals surface area (Å²) < 4.78 is 10.5. The van der Waals surface area contributed by atoms with Crippen LogP contribution in [-0.2, 0) is 4.79 Å². The van der Waals surface area contributed by atoms with Crippen molar-refractivity contribution in [3.8, 4) is 11.5 Å². The van der Waals surface area contributed by atoms with Crippen molar-refractivity contribution in [1.82, 2.24) is 20.0 Å². The number of methoxy groups -OCH3 is 2. The van der Waals surface area contributed by atoms with E-state index in [9.17, 15) is 9.59 Å². The van der Waals surface area contributed by atoms with Crippen LogP contribution in [0.1, 0.15) is 17.4 Å². The molecule has 0 atom stereocenters. The lowest BCUT2D eigenvalue weighted by Crippen LogP contribution is -2.50. The van der Waals surface area contributed by atoms with Crippen molar-refractivity contribution >= 4 is 23.3 Å². The molecule has 1 saturated heterocycles. The molecule has 1 aromatic carbocycles. The van der Waals surface area contributed by atoms with Gasteiger partial charge in [-0.3, -0.25) is 9.59 Å². The maximum atomic E-state index is 12.6. The molecule has 1 aromatic heterocycles. The van der Waals surface area contributed by atoms with Gasteiger partial charge in [0.1, 0.15) is 11.5 Å². The zero-order valence-corrected chi connectivity index (χ0v) is 16.1. The Morgan fingerprint density at radius 1 is 0.964 bits per heavy atom. The Balaban J connectivity index is 1.65. The lowest BCUT2D eigenvalue weighted by Gasteiger charge is -2.33. The molecule has 1 fully saturated rings. The first kappa shape index (κ1) is 19.4. The van der Waals surface area contributed by atoms with Crippen molar-refractivity contribution in [2.45, 2.75) is 6.92 Å². The van der Waals surface area contributed by atoms with Crippen molar-refractivity contribution in [3.63, 3.8) is 0 Å². The second-order valence-electron chi connectivity index (χ2n) is 6.29. The van der Waals surface area contributed by atoms with Crippen LogP contribution in [0.3, 0.4) is 0 Å². The standard InChI is InChI=1S/C19H23N5O4/c1-13(25)23-8-10-24(11-9-23)19(26)16-6-7-18(22-21-16)20-15-5-4-14(27-2)12-17(15)28-3/h4-7,12H,8-11H2,1-3H3,(H,20,22). The molecule has 1 N–H and O–H groups in total. The Labute approximate surface area is 163 Å². The van der Waals surface area contributed by atoms with E-state index < -0.39 is 0 Å². The van der Waals surface area contributed by atoms with E-state index in [0.29, 0.717) is 49.2 Å². The summed E-state index contributed by atoms with van der Waals surface area (Å²) in [6.45, 7) is 3.58. The van der Waals surface area contributed by atoms with Crippen LogP contribution in [0.15, 0.2) is 30.3 Å². The number of piperazine rings is 1. The van der Waals surface area contributed by atoms with Gasteiger partial charge in [-0.05, 0) is 24.3 Å². The van der Waals surface area contributed by atoms with Crippen LogP contribution in [0.5, 0.6) is 11.5 Å². The molecule has 0 spiro atoms. The van der Waals surface area contributed by atoms with Crippen LogP contribution in [0.4, 0.5) is 11.5 Å². The number of hydrogen-bond donors (Lipinski definition) is 1. The molecule has 1 aliphatic heterocycles. The topological polar surface area (TPSA) is 96.9 Å². The summed E-state index contributed by atoms with van der Waals surface area (Å²) in [5.41, 5.74) is 0.973. The van der Waals surface area contributed by atoms with Gasteiger partial charge in [-0.1, -0.05) is 0 Å². The number of carbonyl (C=O) groups excluding carboxylic acids is 2. The molecule has 9 heteroatoms. The van der Waals surface area contributed by atoms with E-state index in [1.807, 2.05) is 6.07 Å². The van der Waals surface area contributed by atoms with Crippen LogP contribution in [0.2, 0.25) is 0 Å². The van der Waals surface area contributed by atoms with Crippen LogP contribution < -0.4 is 14.8 Å². The summed E-state index contributed by atoms with van der Waals surface area (Å²) in [7, 11) is 3.16. The van der Waals surface area contributed by atoms with E-state index in [2.05, 4.69) is 15.5 Å². The first-order valence-corrected chi connectivity index (χ1v) is 8.89. The van der Waals surface area contributed by atoms with Gasteiger partial charge in [-0.15, -0.1) is 10.2 Å². The van der Waals surface area contributed by atoms with Gasteiger partial charge in [0.15, 0.2) is 11.5 Å². The van der Waals surface area contributed by atoms with Crippen molar-refractivity contribution < 1.29 is 19.1 Å². The number of rotatable bonds is 5. The number of hydrogen-bond acceptors (Lipinski definition) is 7. The van der Waals surface area contributed by atoms with Crippen LogP contribution in [0.25, 0.3) is 0 Å². The normalized spacial score (nSPS) is 13.8. The van der Waals surface area contributed by atoms with E-state index in [-0.39, 0.29) is 17.5 Å². The molecular formula is C19H23N5O4. The van der Waals surface area contributed by atoms with Gasteiger partial charge in [0.2, 0.25) is 5.91 Å². The third-order valence-electron chi connectivity index (χ3n) is 4.57. The number of anilines is 2. The number of ether oxygens (including phenoxy) is 2. The summed E-state index contributed by atoms with van der Waals surface area (Å²) in [4.78, 5) is 27.4. The smallest absolute Gasteiger partial charge is 0.274 e. The van der Waals surface area contributed by atoms with Gasteiger partial charge in [0.05, 0.1) is 19.9 Å². The van der Waals surface area contributed by atoms with Crippen molar-refractivity contribution in [2.24, 2.45) is 0 Å². The van der Waals surface area contributed by atoms with Crippen LogP contribution >= 0.6 is 0 Å². The summed E-state index contributed by atoms with van der Waals surface area (Å²) >= 11 is 0. The summed E-state index contributed by atoms with van der Waals surface area (Å²) in [6.07, 6.45) is 0. The molecule has 9 nitrogen and oxygen atoms in total. The molecule has 1 aliphatic rings. The lowest BCUT2D eigenvalue weighted by molar-refractivity contribution is -0.130. The minimum atomic E-state index is -0.190. The number of benzene rings is 1. The highest BCUT2D eigenvalue weighted by Crippen LogP contribution is 2.30. The predicted octanol–water partition coefficient (Wildman–Crippen LogP) is 1.54. The Morgan fingerprint density at radius 2 is 1.68 bits per heavy atom. The molecule has 2 amide bonds. The molecule has 2 aromatic rings. The first-order chi connectivity index (χ1) is 13.5. The molecule has 0 radical (unpaired) electrons. The monoisotopic (exact) mass is 385 g/mol. The van der Waals surface area contributed by atoms with E-state index in [4.69, 9.17) is 9.47 Å². The van der Waals surface area contributed by atoms with Gasteiger partial charge in [-0.2, -0.15) is 0 Å². The molecular weight excluding hydrogens is 362 g/mol. The quantitative estimate of drug-likeness (QED) is 0.834. The largest absolute Gasteiger partial charge is 0.497 e. The van der Waals surface area contributed by atoms with E-state index in [1.165, 1.54) is 6.92 Å². The maximum absolute atomic E-state index is 12.6. The predicted molar refractivity (Wildman–Crippen MR) is 103 cm³/mol. The molecule has 28 heavy (non-hydrogen) atoms. The molecule has 0 aliphatic carbocycles. The zero-order valence-electron chi connectivity index (χ0n) is 16.1. The Morgan fingerprint density at radius 3 is 2.25 bits per heavy atom. The fraction of sp³-hybridized carbons (Fsp3) is 0.368. The van der Waals surface area contributed by atoms with E-state index >= 15 is 0 Å². The average Bonchev–Trinajstić information content (AvgIpc) is 2.74. The summed E-state index contributed by atoms with van der Waals surface area (Å²) in [5.74, 6) is 1.60. The fourth-order valence-corrected chi connectivity index (χ4v) is 2.94. The third-order valence-corrected chi connectivity index (χ3v) is 4.57. The van der Waals surface area contributed by atoms with Crippen molar-refractivity contribution in [1.29, 1.82) is 0 Å². The SMILES string of the molecule is COc1ccc(Nc2ccc(C(=O)N3CCN(C(C)=O)CC3)nn2)c(OC)c1. The van der Waals surface area contributed by atoms with Gasteiger partial charge in [0, 0.05) is 39.2 Å². The highest BCUT2D eigenvalue weighted by atomic mass is 16.5. The minimum absolute atomic E-state index is 0.0243. The van der Waals surface area contributed by atoms with Gasteiger partial charge >= 0.3 is 0 Å². The summed E-state index contributed by atoms with van der Waals surface area (Å²) in [6, 6.07) is 8.69. The molecule has 3 rings (SSSR count). The number of carbonyl (C=O) groups is 2. The second-order valence-corrected chi connectivity index (χ2v) is 6.29. The Hall–Kier alpha value is -3.36. The number of aromatic nitrogens is 2. The second kappa shape index (κ2) is 8.55. The van der Waals surface area contributed by atoms with Gasteiger partial charge in [-0.25, -0.2) is 0 Å². The van der Waals surface area contributed by atoms with Gasteiger partial charge < -0.3 is 24.6 Å². The number of amides is 2. The Bertz CT molecular complexity index is 848. The summed E-state index contributed by atoms with van der Waals surface area (Å²) in [5, 5.41) is 11.3. The third kappa shape index (κ3) is 4.30. The highest BCUT2D eigenvalue weighted by molar-refractivity contribution is 5.92. The van der Waals surface area contributed by atoms with E-state index in [1.54, 1.807) is 48.3 Å². The molecule has 0 unspecified atom stereocenters. The molecule has 2 heterocycles. The number of nitrogens with one attached hydrogen (secondary N) is 1. The van der Waals surface area contributed by atoms with Crippen LogP contribution in [-0.4, -0.2) is 72.2 Å². The molecule has 0 bridgehead atoms. The Kier molecular flexibility index (Phi) is 5.93. The van der Waals surface area contributed by atoms with Crippen molar-refractivity contribution in [2.75, 3.05) is 45.7 Å². The van der Waals surface area contributed by atoms with Crippen LogP contribution in [0, 0.1) is 0 Å².